The van der Waals surface area contributed by atoms with Gasteiger partial charge in [-0.2, -0.15) is 0 Å². The fraction of sp³-hybridized carbons (Fsp3) is 0.138. The van der Waals surface area contributed by atoms with Crippen LogP contribution >= 0.6 is 23.1 Å². The highest BCUT2D eigenvalue weighted by Gasteiger charge is 2.20. The van der Waals surface area contributed by atoms with E-state index in [1.54, 1.807) is 54.6 Å². The number of rotatable bonds is 10. The van der Waals surface area contributed by atoms with Crippen LogP contribution in [0.3, 0.4) is 0 Å². The molecule has 0 spiro atoms. The van der Waals surface area contributed by atoms with Gasteiger partial charge in [0.25, 0.3) is 11.8 Å². The predicted molar refractivity (Wildman–Crippen MR) is 157 cm³/mol. The number of nitrogens with one attached hydrogen (secondary N) is 3. The molecule has 0 aliphatic carbocycles. The molecule has 0 bridgehead atoms. The van der Waals surface area contributed by atoms with E-state index in [-0.39, 0.29) is 17.2 Å². The van der Waals surface area contributed by atoms with Crippen LogP contribution in [-0.4, -0.2) is 33.2 Å². The van der Waals surface area contributed by atoms with Gasteiger partial charge in [0.1, 0.15) is 16.5 Å². The number of thioether (sulfide) groups is 1. The van der Waals surface area contributed by atoms with Crippen molar-refractivity contribution in [3.8, 4) is 0 Å². The monoisotopic (exact) mass is 575 g/mol. The van der Waals surface area contributed by atoms with Crippen LogP contribution in [0.15, 0.2) is 89.5 Å². The van der Waals surface area contributed by atoms with Crippen LogP contribution in [0.25, 0.3) is 6.08 Å². The van der Waals surface area contributed by atoms with Crippen molar-refractivity contribution in [3.63, 3.8) is 0 Å². The molecule has 1 heterocycles. The van der Waals surface area contributed by atoms with Gasteiger partial charge in [-0.1, -0.05) is 60.7 Å². The number of carbonyl (C=O) groups excluding carboxylic acids is 3. The quantitative estimate of drug-likeness (QED) is 0.160. The highest BCUT2D eigenvalue weighted by atomic mass is 32.2. The Morgan fingerprint density at radius 2 is 1.73 bits per heavy atom. The van der Waals surface area contributed by atoms with E-state index in [2.05, 4.69) is 26.1 Å². The molecule has 3 N–H and O–H groups in total. The molecular weight excluding hydrogens is 549 g/mol. The van der Waals surface area contributed by atoms with Crippen molar-refractivity contribution >= 4 is 57.7 Å². The van der Waals surface area contributed by atoms with Crippen molar-refractivity contribution in [1.82, 2.24) is 15.5 Å². The molecule has 0 aliphatic heterocycles. The highest BCUT2D eigenvalue weighted by molar-refractivity contribution is 8.00. The summed E-state index contributed by atoms with van der Waals surface area (Å²) in [5.41, 5.74) is 0.807. The molecule has 204 valence electrons. The second-order valence-corrected chi connectivity index (χ2v) is 11.0. The van der Waals surface area contributed by atoms with Gasteiger partial charge in [-0.15, -0.1) is 22.0 Å². The largest absolute Gasteiger partial charge is 0.321 e. The normalized spacial score (nSPS) is 11.9. The number of aryl methyl sites for hydroxylation is 1. The first-order valence-electron chi connectivity index (χ1n) is 12.3. The third kappa shape index (κ3) is 7.84. The molecule has 8 nitrogen and oxygen atoms in total. The summed E-state index contributed by atoms with van der Waals surface area (Å²) in [6.45, 7) is 3.71. The molecule has 0 aliphatic rings. The Balaban J connectivity index is 1.51. The van der Waals surface area contributed by atoms with Gasteiger partial charge >= 0.3 is 0 Å². The SMILES string of the molecule is CCC(Sc1cccc(NC(=O)/C(=C/c2ccccc2F)NC(=O)c2ccccc2)c1)C(=O)Nc1nnc(C)s1. The zero-order valence-electron chi connectivity index (χ0n) is 21.7. The van der Waals surface area contributed by atoms with Gasteiger partial charge in [-0.25, -0.2) is 4.39 Å². The molecule has 3 aromatic carbocycles. The number of hydrogen-bond donors (Lipinski definition) is 3. The summed E-state index contributed by atoms with van der Waals surface area (Å²) in [6.07, 6.45) is 1.85. The number of benzene rings is 3. The highest BCUT2D eigenvalue weighted by Crippen LogP contribution is 2.29. The third-order valence-electron chi connectivity index (χ3n) is 5.52. The van der Waals surface area contributed by atoms with Gasteiger partial charge in [-0.05, 0) is 55.8 Å². The maximum atomic E-state index is 14.4. The Labute approximate surface area is 239 Å². The summed E-state index contributed by atoms with van der Waals surface area (Å²) in [7, 11) is 0. The molecule has 0 fully saturated rings. The average molecular weight is 576 g/mol. The summed E-state index contributed by atoms with van der Waals surface area (Å²) < 4.78 is 14.4. The Morgan fingerprint density at radius 3 is 2.42 bits per heavy atom. The maximum Gasteiger partial charge on any atom is 0.272 e. The Morgan fingerprint density at radius 1 is 0.975 bits per heavy atom. The van der Waals surface area contributed by atoms with Crippen LogP contribution < -0.4 is 16.0 Å². The molecule has 1 atom stereocenters. The fourth-order valence-electron chi connectivity index (χ4n) is 3.56. The number of anilines is 2. The first-order chi connectivity index (χ1) is 19.3. The first kappa shape index (κ1) is 28.7. The Hall–Kier alpha value is -4.35. The van der Waals surface area contributed by atoms with Crippen molar-refractivity contribution in [2.45, 2.75) is 30.4 Å². The molecule has 11 heteroatoms. The van der Waals surface area contributed by atoms with Crippen molar-refractivity contribution < 1.29 is 18.8 Å². The molecule has 0 saturated carbocycles. The van der Waals surface area contributed by atoms with Gasteiger partial charge in [-0.3, -0.25) is 19.7 Å². The van der Waals surface area contributed by atoms with E-state index in [0.717, 1.165) is 9.90 Å². The van der Waals surface area contributed by atoms with Crippen molar-refractivity contribution in [1.29, 1.82) is 0 Å². The Kier molecular flexibility index (Phi) is 9.76. The van der Waals surface area contributed by atoms with Crippen molar-refractivity contribution in [2.75, 3.05) is 10.6 Å². The smallest absolute Gasteiger partial charge is 0.272 e. The summed E-state index contributed by atoms with van der Waals surface area (Å²) in [5, 5.41) is 16.8. The van der Waals surface area contributed by atoms with Gasteiger partial charge in [0, 0.05) is 21.7 Å². The van der Waals surface area contributed by atoms with E-state index >= 15 is 0 Å². The second kappa shape index (κ2) is 13.6. The number of aromatic nitrogens is 2. The van der Waals surface area contributed by atoms with E-state index in [9.17, 15) is 18.8 Å². The number of carbonyl (C=O) groups is 3. The number of amides is 3. The lowest BCUT2D eigenvalue weighted by Gasteiger charge is -2.15. The molecule has 4 aromatic rings. The van der Waals surface area contributed by atoms with Gasteiger partial charge in [0.2, 0.25) is 11.0 Å². The lowest BCUT2D eigenvalue weighted by molar-refractivity contribution is -0.116. The predicted octanol–water partition coefficient (Wildman–Crippen LogP) is 5.90. The van der Waals surface area contributed by atoms with Gasteiger partial charge in [0.05, 0.1) is 5.25 Å². The topological polar surface area (TPSA) is 113 Å². The molecule has 1 unspecified atom stereocenters. The standard InChI is InChI=1S/C29H26FN5O3S2/c1-3-25(28(38)33-29-35-34-18(2)39-29)40-22-14-9-13-21(17-22)31-27(37)24(16-20-12-7-8-15-23(20)30)32-26(36)19-10-5-4-6-11-19/h4-17,25H,3H2,1-2H3,(H,31,37)(H,32,36)(H,33,35,38)/b24-16-. The summed E-state index contributed by atoms with van der Waals surface area (Å²) in [4.78, 5) is 39.7. The molecule has 0 saturated heterocycles. The first-order valence-corrected chi connectivity index (χ1v) is 14.0. The zero-order valence-corrected chi connectivity index (χ0v) is 23.3. The van der Waals surface area contributed by atoms with Crippen LogP contribution in [0.1, 0.15) is 34.3 Å². The second-order valence-electron chi connectivity index (χ2n) is 8.51. The van der Waals surface area contributed by atoms with Crippen LogP contribution in [0.4, 0.5) is 15.2 Å². The Bertz CT molecular complexity index is 1540. The maximum absolute atomic E-state index is 14.4. The minimum absolute atomic E-state index is 0.129. The van der Waals surface area contributed by atoms with Crippen molar-refractivity contribution in [3.05, 3.63) is 107 Å². The van der Waals surface area contributed by atoms with E-state index in [4.69, 9.17) is 0 Å². The third-order valence-corrected chi connectivity index (χ3v) is 7.64. The van der Waals surface area contributed by atoms with Gasteiger partial charge < -0.3 is 10.6 Å². The number of nitrogens with zero attached hydrogens (tertiary/aromatic N) is 2. The zero-order chi connectivity index (χ0) is 28.5. The van der Waals surface area contributed by atoms with E-state index < -0.39 is 22.9 Å². The van der Waals surface area contributed by atoms with Crippen molar-refractivity contribution in [2.24, 2.45) is 0 Å². The van der Waals surface area contributed by atoms with Crippen LogP contribution in [0.5, 0.6) is 0 Å². The summed E-state index contributed by atoms with van der Waals surface area (Å²) >= 11 is 2.64. The molecule has 4 rings (SSSR count). The average Bonchev–Trinajstić information content (AvgIpc) is 3.37. The molecular formula is C29H26FN5O3S2. The van der Waals surface area contributed by atoms with Gasteiger partial charge in [0.15, 0.2) is 0 Å². The number of hydrogen-bond acceptors (Lipinski definition) is 7. The molecule has 0 radical (unpaired) electrons. The van der Waals surface area contributed by atoms with E-state index in [0.29, 0.717) is 22.8 Å². The van der Waals surface area contributed by atoms with Crippen LogP contribution in [-0.2, 0) is 9.59 Å². The van der Waals surface area contributed by atoms with Crippen LogP contribution in [0.2, 0.25) is 0 Å². The lowest BCUT2D eigenvalue weighted by atomic mass is 10.1. The summed E-state index contributed by atoms with van der Waals surface area (Å²) in [6, 6.07) is 21.4. The fourth-order valence-corrected chi connectivity index (χ4v) is 5.16. The number of halogens is 1. The summed E-state index contributed by atoms with van der Waals surface area (Å²) in [5.74, 6) is -1.87. The molecule has 40 heavy (non-hydrogen) atoms. The molecule has 3 amide bonds. The minimum Gasteiger partial charge on any atom is -0.321 e. The van der Waals surface area contributed by atoms with E-state index in [1.165, 1.54) is 47.4 Å². The minimum atomic E-state index is -0.633. The lowest BCUT2D eigenvalue weighted by Crippen LogP contribution is -2.30. The van der Waals surface area contributed by atoms with E-state index in [1.807, 2.05) is 19.9 Å². The molecule has 1 aromatic heterocycles. The van der Waals surface area contributed by atoms with Crippen LogP contribution in [0, 0.1) is 12.7 Å².